The molecule has 2 heteroatoms. The molecule has 82 valence electrons. The predicted octanol–water partition coefficient (Wildman–Crippen LogP) is 2.69. The zero-order chi connectivity index (χ0) is 11.3. The number of rotatable bonds is 3. The van der Waals surface area contributed by atoms with E-state index in [1.807, 2.05) is 6.92 Å². The third-order valence-electron chi connectivity index (χ3n) is 2.65. The highest BCUT2D eigenvalue weighted by Crippen LogP contribution is 2.25. The lowest BCUT2D eigenvalue weighted by Gasteiger charge is -2.04. The van der Waals surface area contributed by atoms with Crippen LogP contribution in [0.2, 0.25) is 0 Å². The number of hydrogen-bond acceptors (Lipinski definition) is 2. The summed E-state index contributed by atoms with van der Waals surface area (Å²) in [6, 6.07) is 0. The minimum absolute atomic E-state index is 0.0381. The maximum atomic E-state index is 11.1. The molecule has 0 N–H and O–H groups in total. The molecule has 0 radical (unpaired) electrons. The standard InChI is InChI=1S/C13H18O2/c1-4-5-6-7-8-9-12-10(2)11(3)13(14)15-12/h10,12H,3-7H2,1-2H3/t10-,12+/m0/s1. The lowest BCUT2D eigenvalue weighted by Crippen LogP contribution is -2.10. The van der Waals surface area contributed by atoms with Gasteiger partial charge in [0.2, 0.25) is 0 Å². The van der Waals surface area contributed by atoms with E-state index in [2.05, 4.69) is 25.3 Å². The molecule has 0 bridgehead atoms. The molecule has 15 heavy (non-hydrogen) atoms. The molecule has 0 amide bonds. The van der Waals surface area contributed by atoms with Crippen molar-refractivity contribution in [1.82, 2.24) is 0 Å². The monoisotopic (exact) mass is 206 g/mol. The van der Waals surface area contributed by atoms with Crippen molar-refractivity contribution < 1.29 is 9.53 Å². The Hall–Kier alpha value is -1.23. The van der Waals surface area contributed by atoms with E-state index in [0.717, 1.165) is 12.8 Å². The van der Waals surface area contributed by atoms with E-state index in [9.17, 15) is 4.79 Å². The molecule has 1 rings (SSSR count). The molecule has 0 saturated carbocycles. The summed E-state index contributed by atoms with van der Waals surface area (Å²) < 4.78 is 5.08. The Balaban J connectivity index is 2.39. The number of hydrogen-bond donors (Lipinski definition) is 0. The Morgan fingerprint density at radius 3 is 2.73 bits per heavy atom. The first-order valence-electron chi connectivity index (χ1n) is 5.55. The quantitative estimate of drug-likeness (QED) is 0.307. The number of esters is 1. The van der Waals surface area contributed by atoms with Crippen molar-refractivity contribution >= 4 is 5.97 Å². The van der Waals surface area contributed by atoms with Gasteiger partial charge in [-0.15, -0.1) is 0 Å². The molecule has 0 aliphatic carbocycles. The van der Waals surface area contributed by atoms with Crippen molar-refractivity contribution in [2.45, 2.75) is 45.6 Å². The number of cyclic esters (lactones) is 1. The molecule has 0 aromatic heterocycles. The van der Waals surface area contributed by atoms with Crippen LogP contribution in [0, 0.1) is 17.8 Å². The van der Waals surface area contributed by atoms with Crippen LogP contribution in [0.15, 0.2) is 12.2 Å². The van der Waals surface area contributed by atoms with Crippen molar-refractivity contribution in [3.63, 3.8) is 0 Å². The smallest absolute Gasteiger partial charge is 0.335 e. The molecule has 1 aliphatic rings. The molecule has 0 aromatic carbocycles. The van der Waals surface area contributed by atoms with Gasteiger partial charge in [-0.25, -0.2) is 4.79 Å². The van der Waals surface area contributed by atoms with Gasteiger partial charge >= 0.3 is 5.97 Å². The largest absolute Gasteiger partial charge is 0.445 e. The molecule has 0 aromatic rings. The second kappa shape index (κ2) is 5.60. The summed E-state index contributed by atoms with van der Waals surface area (Å²) in [6.45, 7) is 7.78. The maximum absolute atomic E-state index is 11.1. The average Bonchev–Trinajstić information content (AvgIpc) is 2.46. The summed E-state index contributed by atoms with van der Waals surface area (Å²) in [6.07, 6.45) is 4.15. The maximum Gasteiger partial charge on any atom is 0.335 e. The zero-order valence-electron chi connectivity index (χ0n) is 9.51. The summed E-state index contributed by atoms with van der Waals surface area (Å²) in [5.41, 5.74) is 0.544. The van der Waals surface area contributed by atoms with E-state index in [0.29, 0.717) is 5.57 Å². The molecule has 1 saturated heterocycles. The van der Waals surface area contributed by atoms with Crippen molar-refractivity contribution in [3.05, 3.63) is 12.2 Å². The summed E-state index contributed by atoms with van der Waals surface area (Å²) in [4.78, 5) is 11.1. The first-order chi connectivity index (χ1) is 7.16. The Kier molecular flexibility index (Phi) is 4.42. The molecular weight excluding hydrogens is 188 g/mol. The highest BCUT2D eigenvalue weighted by molar-refractivity contribution is 5.91. The number of carbonyl (C=O) groups is 1. The van der Waals surface area contributed by atoms with E-state index >= 15 is 0 Å². The van der Waals surface area contributed by atoms with E-state index in [4.69, 9.17) is 4.74 Å². The van der Waals surface area contributed by atoms with Crippen molar-refractivity contribution in [2.75, 3.05) is 0 Å². The Labute approximate surface area is 91.7 Å². The fraction of sp³-hybridized carbons (Fsp3) is 0.615. The van der Waals surface area contributed by atoms with Gasteiger partial charge in [0.15, 0.2) is 6.10 Å². The SMILES string of the molecule is C=C1C(=O)O[C@H](C#CCCCCC)[C@H]1C. The van der Waals surface area contributed by atoms with E-state index in [-0.39, 0.29) is 18.0 Å². The van der Waals surface area contributed by atoms with Crippen LogP contribution in [0.5, 0.6) is 0 Å². The molecule has 0 unspecified atom stereocenters. The molecular formula is C13H18O2. The highest BCUT2D eigenvalue weighted by atomic mass is 16.5. The van der Waals surface area contributed by atoms with Crippen molar-refractivity contribution in [3.8, 4) is 11.8 Å². The van der Waals surface area contributed by atoms with Gasteiger partial charge in [0, 0.05) is 17.9 Å². The first kappa shape index (κ1) is 11.8. The zero-order valence-corrected chi connectivity index (χ0v) is 9.51. The number of carbonyl (C=O) groups excluding carboxylic acids is 1. The lowest BCUT2D eigenvalue weighted by atomic mass is 10.00. The van der Waals surface area contributed by atoms with Crippen LogP contribution in [-0.4, -0.2) is 12.1 Å². The topological polar surface area (TPSA) is 26.3 Å². The summed E-state index contributed by atoms with van der Waals surface area (Å²) in [5, 5.41) is 0. The third kappa shape index (κ3) is 3.13. The fourth-order valence-electron chi connectivity index (χ4n) is 1.45. The summed E-state index contributed by atoms with van der Waals surface area (Å²) in [7, 11) is 0. The van der Waals surface area contributed by atoms with Gasteiger partial charge in [0.1, 0.15) is 0 Å². The van der Waals surface area contributed by atoms with Crippen LogP contribution >= 0.6 is 0 Å². The highest BCUT2D eigenvalue weighted by Gasteiger charge is 2.33. The fourth-order valence-corrected chi connectivity index (χ4v) is 1.45. The molecule has 1 heterocycles. The van der Waals surface area contributed by atoms with Gasteiger partial charge in [0.25, 0.3) is 0 Å². The molecule has 2 atom stereocenters. The molecule has 1 aliphatic heterocycles. The average molecular weight is 206 g/mol. The molecule has 0 spiro atoms. The van der Waals surface area contributed by atoms with Gasteiger partial charge in [-0.3, -0.25) is 0 Å². The van der Waals surface area contributed by atoms with Crippen molar-refractivity contribution in [2.24, 2.45) is 5.92 Å². The van der Waals surface area contributed by atoms with Crippen LogP contribution in [0.4, 0.5) is 0 Å². The van der Waals surface area contributed by atoms with Crippen LogP contribution in [0.25, 0.3) is 0 Å². The predicted molar refractivity (Wildman–Crippen MR) is 60.1 cm³/mol. The van der Waals surface area contributed by atoms with E-state index in [1.54, 1.807) is 0 Å². The minimum Gasteiger partial charge on any atom is -0.445 e. The Morgan fingerprint density at radius 1 is 1.47 bits per heavy atom. The number of unbranched alkanes of at least 4 members (excludes halogenated alkanes) is 3. The van der Waals surface area contributed by atoms with Gasteiger partial charge in [-0.1, -0.05) is 45.1 Å². The molecule has 2 nitrogen and oxygen atoms in total. The van der Waals surface area contributed by atoms with Crippen molar-refractivity contribution in [1.29, 1.82) is 0 Å². The van der Waals surface area contributed by atoms with Crippen LogP contribution in [0.3, 0.4) is 0 Å². The second-order valence-corrected chi connectivity index (χ2v) is 3.92. The Morgan fingerprint density at radius 2 is 2.20 bits per heavy atom. The van der Waals surface area contributed by atoms with Gasteiger partial charge < -0.3 is 4.74 Å². The van der Waals surface area contributed by atoms with E-state index < -0.39 is 0 Å². The minimum atomic E-state index is -0.296. The summed E-state index contributed by atoms with van der Waals surface area (Å²) in [5.74, 6) is 5.80. The van der Waals surface area contributed by atoms with Crippen LogP contribution in [0.1, 0.15) is 39.5 Å². The Bertz CT molecular complexity index is 306. The van der Waals surface area contributed by atoms with Gasteiger partial charge in [-0.2, -0.15) is 0 Å². The lowest BCUT2D eigenvalue weighted by molar-refractivity contribution is -0.137. The molecule has 1 fully saturated rings. The van der Waals surface area contributed by atoms with Crippen LogP contribution in [-0.2, 0) is 9.53 Å². The second-order valence-electron chi connectivity index (χ2n) is 3.92. The van der Waals surface area contributed by atoms with E-state index in [1.165, 1.54) is 12.8 Å². The number of ether oxygens (including phenoxy) is 1. The van der Waals surface area contributed by atoms with Crippen LogP contribution < -0.4 is 0 Å². The first-order valence-corrected chi connectivity index (χ1v) is 5.55. The third-order valence-corrected chi connectivity index (χ3v) is 2.65. The summed E-state index contributed by atoms with van der Waals surface area (Å²) >= 11 is 0. The van der Waals surface area contributed by atoms with Gasteiger partial charge in [0.05, 0.1) is 0 Å². The van der Waals surface area contributed by atoms with Gasteiger partial charge in [-0.05, 0) is 6.42 Å². The normalized spacial score (nSPS) is 24.7.